The van der Waals surface area contributed by atoms with Crippen molar-refractivity contribution in [2.75, 3.05) is 26.1 Å². The fourth-order valence-electron chi connectivity index (χ4n) is 3.79. The van der Waals surface area contributed by atoms with Gasteiger partial charge in [0, 0.05) is 22.1 Å². The first-order valence-electron chi connectivity index (χ1n) is 10.9. The lowest BCUT2D eigenvalue weighted by atomic mass is 9.98. The number of thioether (sulfide) groups is 1. The molecular formula is C28H26O5S. The maximum atomic E-state index is 10.8. The molecule has 4 rings (SSSR count). The third-order valence-corrected chi connectivity index (χ3v) is 6.38. The zero-order valence-electron chi connectivity index (χ0n) is 19.1. The molecule has 0 bridgehead atoms. The van der Waals surface area contributed by atoms with Gasteiger partial charge in [-0.3, -0.25) is 0 Å². The van der Waals surface area contributed by atoms with Crippen LogP contribution in [0.5, 0.6) is 17.2 Å². The number of benzene rings is 4. The molecule has 1 N–H and O–H groups in total. The molecule has 0 aliphatic heterocycles. The van der Waals surface area contributed by atoms with Gasteiger partial charge in [-0.25, -0.2) is 4.79 Å². The molecule has 0 amide bonds. The summed E-state index contributed by atoms with van der Waals surface area (Å²) < 4.78 is 17.0. The summed E-state index contributed by atoms with van der Waals surface area (Å²) in [5.41, 5.74) is 3.22. The van der Waals surface area contributed by atoms with Gasteiger partial charge in [0.05, 0.1) is 13.7 Å². The van der Waals surface area contributed by atoms with Gasteiger partial charge in [0.25, 0.3) is 0 Å². The van der Waals surface area contributed by atoms with E-state index in [2.05, 4.69) is 36.4 Å². The third-order valence-electron chi connectivity index (χ3n) is 5.38. The van der Waals surface area contributed by atoms with Gasteiger partial charge < -0.3 is 19.3 Å². The Kier molecular flexibility index (Phi) is 7.60. The monoisotopic (exact) mass is 474 g/mol. The molecule has 0 saturated heterocycles. The smallest absolute Gasteiger partial charge is 0.341 e. The lowest BCUT2D eigenvalue weighted by Gasteiger charge is -2.14. The number of aryl methyl sites for hydroxylation is 1. The summed E-state index contributed by atoms with van der Waals surface area (Å²) in [7, 11) is 1.59. The van der Waals surface area contributed by atoms with Gasteiger partial charge >= 0.3 is 5.97 Å². The van der Waals surface area contributed by atoms with Crippen LogP contribution < -0.4 is 14.2 Å². The standard InChI is InChI=1S/C28H26O5S/c1-19-16-27(26(31-2)17-25(19)33-18-28(29)30)34-15-14-32-24-13-7-11-22-21(10-6-12-23(22)24)20-8-4-3-5-9-20/h3-13,16-17H,14-15,18H2,1-2H3,(H,29,30). The van der Waals surface area contributed by atoms with Crippen molar-refractivity contribution in [3.05, 3.63) is 84.4 Å². The van der Waals surface area contributed by atoms with Crippen LogP contribution in [0.15, 0.2) is 83.8 Å². The molecule has 0 fully saturated rings. The molecule has 0 aliphatic carbocycles. The van der Waals surface area contributed by atoms with E-state index < -0.39 is 5.97 Å². The SMILES string of the molecule is COc1cc(OCC(=O)O)c(C)cc1SCCOc1cccc2c(-c3ccccc3)cccc12. The third kappa shape index (κ3) is 5.46. The van der Waals surface area contributed by atoms with Gasteiger partial charge in [0.1, 0.15) is 17.2 Å². The van der Waals surface area contributed by atoms with Crippen molar-refractivity contribution in [1.29, 1.82) is 0 Å². The van der Waals surface area contributed by atoms with E-state index >= 15 is 0 Å². The first-order chi connectivity index (χ1) is 16.6. The van der Waals surface area contributed by atoms with Crippen molar-refractivity contribution in [1.82, 2.24) is 0 Å². The number of carboxylic acid groups (broad SMARTS) is 1. The molecule has 4 aromatic rings. The maximum Gasteiger partial charge on any atom is 0.341 e. The number of fused-ring (bicyclic) bond motifs is 1. The van der Waals surface area contributed by atoms with Gasteiger partial charge in [-0.15, -0.1) is 11.8 Å². The molecular weight excluding hydrogens is 448 g/mol. The van der Waals surface area contributed by atoms with Crippen LogP contribution in [-0.2, 0) is 4.79 Å². The van der Waals surface area contributed by atoms with E-state index in [4.69, 9.17) is 19.3 Å². The van der Waals surface area contributed by atoms with E-state index in [1.54, 1.807) is 24.9 Å². The molecule has 0 unspecified atom stereocenters. The summed E-state index contributed by atoms with van der Waals surface area (Å²) in [5.74, 6) is 1.72. The largest absolute Gasteiger partial charge is 0.495 e. The Bertz CT molecular complexity index is 1290. The number of methoxy groups -OCH3 is 1. The van der Waals surface area contributed by atoms with E-state index in [-0.39, 0.29) is 6.61 Å². The quantitative estimate of drug-likeness (QED) is 0.210. The Morgan fingerprint density at radius 1 is 0.853 bits per heavy atom. The Labute approximate surface area is 203 Å². The van der Waals surface area contributed by atoms with Crippen molar-refractivity contribution in [3.8, 4) is 28.4 Å². The molecule has 5 nitrogen and oxygen atoms in total. The fraction of sp³-hybridized carbons (Fsp3) is 0.179. The van der Waals surface area contributed by atoms with E-state index in [0.717, 1.165) is 32.7 Å². The number of carbonyl (C=O) groups is 1. The second-order valence-corrected chi connectivity index (χ2v) is 8.81. The maximum absolute atomic E-state index is 10.8. The summed E-state index contributed by atoms with van der Waals surface area (Å²) in [6.45, 7) is 2.03. The first kappa shape index (κ1) is 23.5. The van der Waals surface area contributed by atoms with E-state index in [1.807, 2.05) is 43.3 Å². The van der Waals surface area contributed by atoms with Gasteiger partial charge in [-0.05, 0) is 41.1 Å². The van der Waals surface area contributed by atoms with Crippen LogP contribution in [0.2, 0.25) is 0 Å². The Morgan fingerprint density at radius 2 is 1.62 bits per heavy atom. The minimum Gasteiger partial charge on any atom is -0.495 e. The summed E-state index contributed by atoms with van der Waals surface area (Å²) in [5, 5.41) is 11.1. The highest BCUT2D eigenvalue weighted by Gasteiger charge is 2.12. The van der Waals surface area contributed by atoms with Crippen LogP contribution >= 0.6 is 11.8 Å². The number of rotatable bonds is 10. The highest BCUT2D eigenvalue weighted by molar-refractivity contribution is 7.99. The number of carboxylic acids is 1. The lowest BCUT2D eigenvalue weighted by Crippen LogP contribution is -2.10. The second kappa shape index (κ2) is 11.0. The molecule has 34 heavy (non-hydrogen) atoms. The number of ether oxygens (including phenoxy) is 3. The van der Waals surface area contributed by atoms with Crippen LogP contribution in [0.3, 0.4) is 0 Å². The molecule has 174 valence electrons. The second-order valence-electron chi connectivity index (χ2n) is 7.67. The van der Waals surface area contributed by atoms with Gasteiger partial charge in [-0.1, -0.05) is 60.7 Å². The van der Waals surface area contributed by atoms with Crippen LogP contribution in [-0.4, -0.2) is 37.2 Å². The average molecular weight is 475 g/mol. The van der Waals surface area contributed by atoms with E-state index in [9.17, 15) is 4.79 Å². The Balaban J connectivity index is 1.45. The van der Waals surface area contributed by atoms with Crippen molar-refractivity contribution in [3.63, 3.8) is 0 Å². The van der Waals surface area contributed by atoms with Crippen molar-refractivity contribution in [2.45, 2.75) is 11.8 Å². The predicted molar refractivity (Wildman–Crippen MR) is 136 cm³/mol. The van der Waals surface area contributed by atoms with Crippen LogP contribution in [0, 0.1) is 6.92 Å². The fourth-order valence-corrected chi connectivity index (χ4v) is 4.72. The molecule has 4 aromatic carbocycles. The Hall–Kier alpha value is -3.64. The molecule has 0 saturated carbocycles. The molecule has 6 heteroatoms. The summed E-state index contributed by atoms with van der Waals surface area (Å²) in [6, 6.07) is 26.5. The molecule has 0 aliphatic rings. The lowest BCUT2D eigenvalue weighted by molar-refractivity contribution is -0.139. The van der Waals surface area contributed by atoms with Crippen molar-refractivity contribution >= 4 is 28.5 Å². The normalized spacial score (nSPS) is 10.8. The summed E-state index contributed by atoms with van der Waals surface area (Å²) in [4.78, 5) is 11.7. The minimum absolute atomic E-state index is 0.388. The van der Waals surface area contributed by atoms with Crippen LogP contribution in [0.4, 0.5) is 0 Å². The van der Waals surface area contributed by atoms with Crippen LogP contribution in [0.25, 0.3) is 21.9 Å². The van der Waals surface area contributed by atoms with E-state index in [1.165, 1.54) is 11.1 Å². The summed E-state index contributed by atoms with van der Waals surface area (Å²) >= 11 is 1.62. The van der Waals surface area contributed by atoms with Gasteiger partial charge in [0.2, 0.25) is 0 Å². The van der Waals surface area contributed by atoms with Crippen molar-refractivity contribution < 1.29 is 24.1 Å². The zero-order valence-corrected chi connectivity index (χ0v) is 19.9. The van der Waals surface area contributed by atoms with Gasteiger partial charge in [0.15, 0.2) is 6.61 Å². The number of hydrogen-bond donors (Lipinski definition) is 1. The molecule has 0 aromatic heterocycles. The molecule has 0 atom stereocenters. The average Bonchev–Trinajstić information content (AvgIpc) is 2.86. The highest BCUT2D eigenvalue weighted by atomic mass is 32.2. The summed E-state index contributed by atoms with van der Waals surface area (Å²) in [6.07, 6.45) is 0. The zero-order chi connectivity index (χ0) is 23.9. The predicted octanol–water partition coefficient (Wildman–Crippen LogP) is 6.46. The molecule has 0 spiro atoms. The van der Waals surface area contributed by atoms with E-state index in [0.29, 0.717) is 18.1 Å². The minimum atomic E-state index is -1.02. The van der Waals surface area contributed by atoms with Gasteiger partial charge in [-0.2, -0.15) is 0 Å². The topological polar surface area (TPSA) is 65.0 Å². The number of hydrogen-bond acceptors (Lipinski definition) is 5. The highest BCUT2D eigenvalue weighted by Crippen LogP contribution is 2.36. The Morgan fingerprint density at radius 3 is 2.38 bits per heavy atom. The molecule has 0 heterocycles. The molecule has 0 radical (unpaired) electrons. The first-order valence-corrected chi connectivity index (χ1v) is 11.9. The number of aliphatic carboxylic acids is 1. The van der Waals surface area contributed by atoms with Crippen LogP contribution in [0.1, 0.15) is 5.56 Å². The van der Waals surface area contributed by atoms with Crippen molar-refractivity contribution in [2.24, 2.45) is 0 Å².